The standard InChI is InChI=1S/C26H17ClFNO4/c1-14-9-12-21(33-14)23-22(24(30)18-8-4-6-15-5-2-3-7-17(15)18)25(31)26(32)29(23)16-10-11-20(28)19(27)13-16/h2-13,23,30H,1H3/b24-22-. The minimum atomic E-state index is -1.06. The lowest BCUT2D eigenvalue weighted by Gasteiger charge is -2.23. The van der Waals surface area contributed by atoms with E-state index in [1.807, 2.05) is 30.3 Å². The molecule has 7 heteroatoms. The third-order valence-electron chi connectivity index (χ3n) is 5.70. The Balaban J connectivity index is 1.77. The van der Waals surface area contributed by atoms with Crippen molar-refractivity contribution < 1.29 is 23.5 Å². The molecule has 1 aliphatic heterocycles. The van der Waals surface area contributed by atoms with Gasteiger partial charge in [0.1, 0.15) is 29.1 Å². The lowest BCUT2D eigenvalue weighted by molar-refractivity contribution is -0.132. The predicted octanol–water partition coefficient (Wildman–Crippen LogP) is 6.16. The summed E-state index contributed by atoms with van der Waals surface area (Å²) in [4.78, 5) is 27.5. The van der Waals surface area contributed by atoms with E-state index in [9.17, 15) is 19.1 Å². The summed E-state index contributed by atoms with van der Waals surface area (Å²) in [6.45, 7) is 1.73. The van der Waals surface area contributed by atoms with Gasteiger partial charge < -0.3 is 9.52 Å². The van der Waals surface area contributed by atoms with Crippen molar-refractivity contribution in [3.05, 3.63) is 106 Å². The van der Waals surface area contributed by atoms with Crippen LogP contribution in [0.2, 0.25) is 5.02 Å². The van der Waals surface area contributed by atoms with Crippen molar-refractivity contribution >= 4 is 45.5 Å². The van der Waals surface area contributed by atoms with Crippen molar-refractivity contribution in [1.82, 2.24) is 0 Å². The minimum absolute atomic E-state index is 0.119. The molecule has 1 fully saturated rings. The zero-order valence-electron chi connectivity index (χ0n) is 17.4. The van der Waals surface area contributed by atoms with Gasteiger partial charge in [0.05, 0.1) is 10.6 Å². The summed E-state index contributed by atoms with van der Waals surface area (Å²) in [6.07, 6.45) is 0. The van der Waals surface area contributed by atoms with E-state index in [0.29, 0.717) is 11.3 Å². The second-order valence-electron chi connectivity index (χ2n) is 7.74. The number of halogens is 2. The van der Waals surface area contributed by atoms with Crippen LogP contribution < -0.4 is 4.90 Å². The summed E-state index contributed by atoms with van der Waals surface area (Å²) >= 11 is 5.95. The molecule has 0 bridgehead atoms. The van der Waals surface area contributed by atoms with Crippen LogP contribution in [0.1, 0.15) is 23.1 Å². The number of nitrogens with zero attached hydrogens (tertiary/aromatic N) is 1. The molecule has 3 aromatic carbocycles. The fourth-order valence-corrected chi connectivity index (χ4v) is 4.36. The smallest absolute Gasteiger partial charge is 0.300 e. The third kappa shape index (κ3) is 3.39. The molecule has 0 saturated carbocycles. The van der Waals surface area contributed by atoms with Crippen molar-refractivity contribution in [2.75, 3.05) is 4.90 Å². The Bertz CT molecular complexity index is 1470. The first-order valence-corrected chi connectivity index (χ1v) is 10.5. The van der Waals surface area contributed by atoms with E-state index in [0.717, 1.165) is 16.8 Å². The number of rotatable bonds is 3. The molecule has 1 amide bonds. The van der Waals surface area contributed by atoms with Crippen LogP contribution in [0.25, 0.3) is 16.5 Å². The van der Waals surface area contributed by atoms with Crippen molar-refractivity contribution in [2.24, 2.45) is 0 Å². The minimum Gasteiger partial charge on any atom is -0.507 e. The lowest BCUT2D eigenvalue weighted by Crippen LogP contribution is -2.29. The van der Waals surface area contributed by atoms with Crippen LogP contribution in [0.5, 0.6) is 0 Å². The lowest BCUT2D eigenvalue weighted by atomic mass is 9.96. The number of amides is 1. The molecular formula is C26H17ClFNO4. The summed E-state index contributed by atoms with van der Waals surface area (Å²) in [5.41, 5.74) is 0.502. The number of carbonyl (C=O) groups is 2. The predicted molar refractivity (Wildman–Crippen MR) is 124 cm³/mol. The Morgan fingerprint density at radius 2 is 1.79 bits per heavy atom. The van der Waals surface area contributed by atoms with Gasteiger partial charge in [0.25, 0.3) is 11.7 Å². The average Bonchev–Trinajstić information content (AvgIpc) is 3.35. The van der Waals surface area contributed by atoms with Gasteiger partial charge in [-0.25, -0.2) is 4.39 Å². The van der Waals surface area contributed by atoms with Crippen molar-refractivity contribution in [3.63, 3.8) is 0 Å². The van der Waals surface area contributed by atoms with Crippen molar-refractivity contribution in [3.8, 4) is 0 Å². The van der Waals surface area contributed by atoms with E-state index >= 15 is 0 Å². The highest BCUT2D eigenvalue weighted by atomic mass is 35.5. The molecule has 2 heterocycles. The number of carbonyl (C=O) groups excluding carboxylic acids is 2. The quantitative estimate of drug-likeness (QED) is 0.225. The number of Topliss-reactive ketones (excluding diaryl/α,β-unsaturated/α-hetero) is 1. The molecule has 164 valence electrons. The fourth-order valence-electron chi connectivity index (χ4n) is 4.18. The zero-order valence-corrected chi connectivity index (χ0v) is 18.1. The Kier molecular flexibility index (Phi) is 5.02. The molecule has 0 radical (unpaired) electrons. The van der Waals surface area contributed by atoms with Gasteiger partial charge in [-0.15, -0.1) is 0 Å². The second kappa shape index (κ2) is 7.90. The molecule has 1 aliphatic rings. The molecule has 1 aromatic heterocycles. The molecule has 1 saturated heterocycles. The van der Waals surface area contributed by atoms with E-state index in [1.54, 1.807) is 31.2 Å². The summed E-state index contributed by atoms with van der Waals surface area (Å²) < 4.78 is 19.6. The monoisotopic (exact) mass is 461 g/mol. The summed E-state index contributed by atoms with van der Waals surface area (Å²) in [5, 5.41) is 12.8. The molecule has 1 N–H and O–H groups in total. The van der Waals surface area contributed by atoms with Crippen LogP contribution in [0.4, 0.5) is 10.1 Å². The van der Waals surface area contributed by atoms with Crippen LogP contribution in [0.15, 0.2) is 82.8 Å². The summed E-state index contributed by atoms with van der Waals surface area (Å²) in [7, 11) is 0. The van der Waals surface area contributed by atoms with E-state index in [4.69, 9.17) is 16.0 Å². The number of anilines is 1. The Morgan fingerprint density at radius 3 is 2.52 bits per heavy atom. The average molecular weight is 462 g/mol. The van der Waals surface area contributed by atoms with Crippen LogP contribution in [-0.4, -0.2) is 16.8 Å². The topological polar surface area (TPSA) is 70.8 Å². The number of aliphatic hydroxyl groups is 1. The fraction of sp³-hybridized carbons (Fsp3) is 0.0769. The number of ketones is 1. The SMILES string of the molecule is Cc1ccc(C2/C(=C(/O)c3cccc4ccccc34)C(=O)C(=O)N2c2ccc(F)c(Cl)c2)o1. The van der Waals surface area contributed by atoms with Gasteiger partial charge in [0.2, 0.25) is 0 Å². The third-order valence-corrected chi connectivity index (χ3v) is 5.99. The highest BCUT2D eigenvalue weighted by Crippen LogP contribution is 2.44. The van der Waals surface area contributed by atoms with Gasteiger partial charge in [-0.3, -0.25) is 14.5 Å². The van der Waals surface area contributed by atoms with E-state index in [2.05, 4.69) is 0 Å². The summed E-state index contributed by atoms with van der Waals surface area (Å²) in [5.74, 6) is -1.87. The van der Waals surface area contributed by atoms with Crippen LogP contribution >= 0.6 is 11.6 Å². The van der Waals surface area contributed by atoms with Gasteiger partial charge in [-0.05, 0) is 48.0 Å². The van der Waals surface area contributed by atoms with E-state index in [1.165, 1.54) is 17.0 Å². The molecule has 5 nitrogen and oxygen atoms in total. The van der Waals surface area contributed by atoms with Crippen molar-refractivity contribution in [1.29, 1.82) is 0 Å². The number of furan rings is 1. The number of aryl methyl sites for hydroxylation is 1. The molecule has 1 unspecified atom stereocenters. The number of fused-ring (bicyclic) bond motifs is 1. The molecule has 33 heavy (non-hydrogen) atoms. The first-order chi connectivity index (χ1) is 15.9. The zero-order chi connectivity index (χ0) is 23.3. The van der Waals surface area contributed by atoms with Gasteiger partial charge in [-0.2, -0.15) is 0 Å². The van der Waals surface area contributed by atoms with E-state index < -0.39 is 23.5 Å². The van der Waals surface area contributed by atoms with Gasteiger partial charge >= 0.3 is 0 Å². The Labute approximate surface area is 193 Å². The second-order valence-corrected chi connectivity index (χ2v) is 8.15. The normalized spacial score (nSPS) is 17.8. The maximum atomic E-state index is 13.8. The first kappa shape index (κ1) is 21.0. The number of benzene rings is 3. The van der Waals surface area contributed by atoms with Crippen LogP contribution in [-0.2, 0) is 9.59 Å². The number of hydrogen-bond donors (Lipinski definition) is 1. The molecular weight excluding hydrogens is 445 g/mol. The first-order valence-electron chi connectivity index (χ1n) is 10.2. The van der Waals surface area contributed by atoms with Crippen molar-refractivity contribution in [2.45, 2.75) is 13.0 Å². The van der Waals surface area contributed by atoms with Gasteiger partial charge in [-0.1, -0.05) is 54.1 Å². The van der Waals surface area contributed by atoms with E-state index in [-0.39, 0.29) is 27.8 Å². The number of hydrogen-bond acceptors (Lipinski definition) is 4. The van der Waals surface area contributed by atoms with Crippen LogP contribution in [0, 0.1) is 12.7 Å². The molecule has 5 rings (SSSR count). The number of aliphatic hydroxyl groups excluding tert-OH is 1. The Morgan fingerprint density at radius 1 is 1.03 bits per heavy atom. The Hall–Kier alpha value is -3.90. The molecule has 0 aliphatic carbocycles. The van der Waals surface area contributed by atoms with Gasteiger partial charge in [0.15, 0.2) is 0 Å². The largest absolute Gasteiger partial charge is 0.507 e. The maximum Gasteiger partial charge on any atom is 0.300 e. The summed E-state index contributed by atoms with van der Waals surface area (Å²) in [6, 6.07) is 18.8. The highest BCUT2D eigenvalue weighted by Gasteiger charge is 2.48. The van der Waals surface area contributed by atoms with Crippen LogP contribution in [0.3, 0.4) is 0 Å². The molecule has 0 spiro atoms. The molecule has 1 atom stereocenters. The van der Waals surface area contributed by atoms with Gasteiger partial charge in [0, 0.05) is 11.3 Å². The molecule has 4 aromatic rings. The maximum absolute atomic E-state index is 13.8. The highest BCUT2D eigenvalue weighted by molar-refractivity contribution is 6.52.